The summed E-state index contributed by atoms with van der Waals surface area (Å²) >= 11 is 5.95. The summed E-state index contributed by atoms with van der Waals surface area (Å²) in [5.74, 6) is 2.18. The van der Waals surface area contributed by atoms with Crippen molar-refractivity contribution in [3.05, 3.63) is 11.5 Å². The molecular formula is C12H16ClN3O. The van der Waals surface area contributed by atoms with Gasteiger partial charge in [-0.15, -0.1) is 0 Å². The smallest absolute Gasteiger partial charge is 0.198 e. The Kier molecular flexibility index (Phi) is 2.62. The van der Waals surface area contributed by atoms with Crippen LogP contribution >= 0.6 is 11.6 Å². The second-order valence-corrected chi connectivity index (χ2v) is 5.39. The van der Waals surface area contributed by atoms with E-state index < -0.39 is 0 Å². The quantitative estimate of drug-likeness (QED) is 0.820. The molecule has 0 spiro atoms. The van der Waals surface area contributed by atoms with Gasteiger partial charge >= 0.3 is 0 Å². The molecule has 0 bridgehead atoms. The highest BCUT2D eigenvalue weighted by atomic mass is 35.5. The van der Waals surface area contributed by atoms with Crippen LogP contribution in [-0.2, 0) is 0 Å². The predicted molar refractivity (Wildman–Crippen MR) is 66.5 cm³/mol. The Morgan fingerprint density at radius 1 is 1.47 bits per heavy atom. The third kappa shape index (κ3) is 2.06. The predicted octanol–water partition coefficient (Wildman–Crippen LogP) is 2.74. The van der Waals surface area contributed by atoms with Crippen molar-refractivity contribution in [3.63, 3.8) is 0 Å². The Balaban J connectivity index is 1.70. The van der Waals surface area contributed by atoms with Crippen LogP contribution in [0.4, 0.5) is 5.82 Å². The standard InChI is InChI=1S/C12H16ClN3O/c1-17-9-10(13)15-7-16-11(9)14-6-12(4-5-12)8-2-3-8/h7-8H,2-6H2,1H3,(H,14,15,16). The number of anilines is 1. The fourth-order valence-corrected chi connectivity index (χ4v) is 2.71. The normalized spacial score (nSPS) is 21.1. The summed E-state index contributed by atoms with van der Waals surface area (Å²) in [6.45, 7) is 0.974. The first kappa shape index (κ1) is 11.1. The van der Waals surface area contributed by atoms with Gasteiger partial charge in [0.05, 0.1) is 7.11 Å². The maximum Gasteiger partial charge on any atom is 0.198 e. The van der Waals surface area contributed by atoms with Crippen LogP contribution in [0.3, 0.4) is 0 Å². The molecule has 2 aliphatic rings. The summed E-state index contributed by atoms with van der Waals surface area (Å²) in [6, 6.07) is 0. The van der Waals surface area contributed by atoms with Gasteiger partial charge in [-0.2, -0.15) is 0 Å². The maximum atomic E-state index is 5.95. The second-order valence-electron chi connectivity index (χ2n) is 5.04. The average molecular weight is 254 g/mol. The van der Waals surface area contributed by atoms with Gasteiger partial charge in [-0.25, -0.2) is 9.97 Å². The first-order valence-electron chi connectivity index (χ1n) is 6.03. The second kappa shape index (κ2) is 4.02. The molecule has 2 saturated carbocycles. The number of ether oxygens (including phenoxy) is 1. The summed E-state index contributed by atoms with van der Waals surface area (Å²) in [4.78, 5) is 8.10. The molecular weight excluding hydrogens is 238 g/mol. The topological polar surface area (TPSA) is 47.0 Å². The largest absolute Gasteiger partial charge is 0.490 e. The molecule has 1 heterocycles. The van der Waals surface area contributed by atoms with Crippen LogP contribution in [-0.4, -0.2) is 23.6 Å². The molecule has 1 aromatic heterocycles. The van der Waals surface area contributed by atoms with E-state index in [0.29, 0.717) is 22.1 Å². The van der Waals surface area contributed by atoms with Crippen LogP contribution in [0, 0.1) is 11.3 Å². The number of aromatic nitrogens is 2. The van der Waals surface area contributed by atoms with Gasteiger partial charge in [0.2, 0.25) is 0 Å². The van der Waals surface area contributed by atoms with Crippen molar-refractivity contribution in [1.29, 1.82) is 0 Å². The molecule has 2 fully saturated rings. The molecule has 1 N–H and O–H groups in total. The molecule has 0 aliphatic heterocycles. The number of rotatable bonds is 5. The van der Waals surface area contributed by atoms with Gasteiger partial charge in [0.1, 0.15) is 6.33 Å². The first-order valence-corrected chi connectivity index (χ1v) is 6.41. The van der Waals surface area contributed by atoms with Crippen molar-refractivity contribution in [3.8, 4) is 5.75 Å². The summed E-state index contributed by atoms with van der Waals surface area (Å²) in [7, 11) is 1.59. The van der Waals surface area contributed by atoms with E-state index >= 15 is 0 Å². The monoisotopic (exact) mass is 253 g/mol. The lowest BCUT2D eigenvalue weighted by Crippen LogP contribution is -2.18. The maximum absolute atomic E-state index is 5.95. The van der Waals surface area contributed by atoms with Gasteiger partial charge in [0, 0.05) is 6.54 Å². The minimum atomic E-state index is 0.362. The first-order chi connectivity index (χ1) is 8.25. The fraction of sp³-hybridized carbons (Fsp3) is 0.667. The molecule has 5 heteroatoms. The number of methoxy groups -OCH3 is 1. The van der Waals surface area contributed by atoms with Gasteiger partial charge in [0.15, 0.2) is 16.7 Å². The average Bonchev–Trinajstić information content (AvgIpc) is 3.17. The fourth-order valence-electron chi connectivity index (χ4n) is 2.50. The Labute approximate surface area is 106 Å². The van der Waals surface area contributed by atoms with Crippen LogP contribution in [0.25, 0.3) is 0 Å². The highest BCUT2D eigenvalue weighted by molar-refractivity contribution is 6.31. The van der Waals surface area contributed by atoms with Crippen molar-refractivity contribution < 1.29 is 4.74 Å². The minimum absolute atomic E-state index is 0.362. The Morgan fingerprint density at radius 3 is 2.82 bits per heavy atom. The van der Waals surface area contributed by atoms with Gasteiger partial charge in [-0.3, -0.25) is 0 Å². The van der Waals surface area contributed by atoms with E-state index in [0.717, 1.165) is 12.5 Å². The van der Waals surface area contributed by atoms with E-state index in [1.807, 2.05) is 0 Å². The van der Waals surface area contributed by atoms with E-state index in [-0.39, 0.29) is 0 Å². The van der Waals surface area contributed by atoms with E-state index in [1.54, 1.807) is 7.11 Å². The Hall–Kier alpha value is -1.03. The molecule has 17 heavy (non-hydrogen) atoms. The Morgan fingerprint density at radius 2 is 2.24 bits per heavy atom. The highest BCUT2D eigenvalue weighted by Gasteiger charge is 2.53. The van der Waals surface area contributed by atoms with Gasteiger partial charge < -0.3 is 10.1 Å². The van der Waals surface area contributed by atoms with Crippen molar-refractivity contribution >= 4 is 17.4 Å². The Bertz CT molecular complexity index is 430. The molecule has 0 aromatic carbocycles. The van der Waals surface area contributed by atoms with Crippen molar-refractivity contribution in [1.82, 2.24) is 9.97 Å². The molecule has 92 valence electrons. The number of nitrogens with zero attached hydrogens (tertiary/aromatic N) is 2. The lowest BCUT2D eigenvalue weighted by Gasteiger charge is -2.16. The van der Waals surface area contributed by atoms with Gasteiger partial charge in [0.25, 0.3) is 0 Å². The molecule has 3 rings (SSSR count). The van der Waals surface area contributed by atoms with E-state index in [2.05, 4.69) is 15.3 Å². The third-order valence-electron chi connectivity index (χ3n) is 3.91. The van der Waals surface area contributed by atoms with Crippen LogP contribution in [0.15, 0.2) is 6.33 Å². The van der Waals surface area contributed by atoms with Crippen LogP contribution in [0.1, 0.15) is 25.7 Å². The van der Waals surface area contributed by atoms with Crippen LogP contribution in [0.5, 0.6) is 5.75 Å². The molecule has 1 aromatic rings. The van der Waals surface area contributed by atoms with Gasteiger partial charge in [-0.05, 0) is 37.0 Å². The zero-order valence-electron chi connectivity index (χ0n) is 9.87. The zero-order chi connectivity index (χ0) is 11.9. The molecule has 4 nitrogen and oxygen atoms in total. The lowest BCUT2D eigenvalue weighted by atomic mass is 10.0. The van der Waals surface area contributed by atoms with Crippen molar-refractivity contribution in [2.45, 2.75) is 25.7 Å². The van der Waals surface area contributed by atoms with E-state index in [1.165, 1.54) is 32.0 Å². The van der Waals surface area contributed by atoms with Crippen molar-refractivity contribution in [2.24, 2.45) is 11.3 Å². The van der Waals surface area contributed by atoms with E-state index in [9.17, 15) is 0 Å². The molecule has 2 aliphatic carbocycles. The minimum Gasteiger partial charge on any atom is -0.490 e. The van der Waals surface area contributed by atoms with E-state index in [4.69, 9.17) is 16.3 Å². The molecule has 0 radical (unpaired) electrons. The SMILES string of the molecule is COc1c(Cl)ncnc1NCC1(C2CC2)CC1. The molecule has 0 amide bonds. The van der Waals surface area contributed by atoms with Crippen LogP contribution < -0.4 is 10.1 Å². The molecule has 0 unspecified atom stereocenters. The lowest BCUT2D eigenvalue weighted by molar-refractivity contribution is 0.410. The number of halogens is 1. The summed E-state index contributed by atoms with van der Waals surface area (Å²) in [6.07, 6.45) is 6.92. The van der Waals surface area contributed by atoms with Gasteiger partial charge in [-0.1, -0.05) is 11.6 Å². The number of hydrogen-bond acceptors (Lipinski definition) is 4. The summed E-state index contributed by atoms with van der Waals surface area (Å²) in [5.41, 5.74) is 0.530. The number of hydrogen-bond donors (Lipinski definition) is 1. The summed E-state index contributed by atoms with van der Waals surface area (Å²) < 4.78 is 5.22. The summed E-state index contributed by atoms with van der Waals surface area (Å²) in [5, 5.41) is 3.73. The van der Waals surface area contributed by atoms with Crippen LogP contribution in [0.2, 0.25) is 5.15 Å². The molecule has 0 saturated heterocycles. The number of nitrogens with one attached hydrogen (secondary N) is 1. The molecule has 0 atom stereocenters. The highest BCUT2D eigenvalue weighted by Crippen LogP contribution is 2.61. The van der Waals surface area contributed by atoms with Crippen molar-refractivity contribution in [2.75, 3.05) is 19.0 Å². The third-order valence-corrected chi connectivity index (χ3v) is 4.18. The zero-order valence-corrected chi connectivity index (χ0v) is 10.6.